The standard InChI is InChI=1S/C27H26P2.2C14H7O.2Au/c1-27(2,28(23-15-7-3-8-16-23)24-17-9-4-10-18-24)29(25-19-11-5-12-20-25)26-21-13-6-14-22-26;2*1-2-10-7-8-12-11-5-3-4-6-13(11)15-14(12)9-10;;/h3-22H,1-2H3;2*3-9H;;/q;2*-1;2*+1/p+2. The Bertz CT molecular complexity index is 2770. The number of para-hydroxylation sites is 2. The minimum atomic E-state index is -1.02. The molecule has 8 aromatic carbocycles. The topological polar surface area (TPSA) is 26.3 Å². The molecule has 304 valence electrons. The summed E-state index contributed by atoms with van der Waals surface area (Å²) in [6.07, 6.45) is 14.1. The first-order chi connectivity index (χ1) is 28.9. The molecule has 0 N–H and O–H groups in total. The van der Waals surface area contributed by atoms with E-state index in [9.17, 15) is 0 Å². The van der Waals surface area contributed by atoms with Crippen molar-refractivity contribution >= 4 is 80.9 Å². The number of fused-ring (bicyclic) bond motifs is 6. The van der Waals surface area contributed by atoms with Crippen LogP contribution in [0.25, 0.3) is 43.9 Å². The molecule has 2 nitrogen and oxygen atoms in total. The Labute approximate surface area is 392 Å². The molecule has 0 saturated heterocycles. The summed E-state index contributed by atoms with van der Waals surface area (Å²) in [5, 5.41) is 10.4. The maximum Gasteiger partial charge on any atom is 1.00 e. The van der Waals surface area contributed by atoms with Crippen molar-refractivity contribution in [3.05, 3.63) is 230 Å². The van der Waals surface area contributed by atoms with Gasteiger partial charge in [-0.1, -0.05) is 133 Å². The molecule has 0 aliphatic heterocycles. The molecule has 10 aromatic rings. The molecule has 61 heavy (non-hydrogen) atoms. The third kappa shape index (κ3) is 10.1. The van der Waals surface area contributed by atoms with E-state index in [-0.39, 0.29) is 49.7 Å². The Morgan fingerprint density at radius 1 is 0.361 bits per heavy atom. The first kappa shape index (κ1) is 45.4. The van der Waals surface area contributed by atoms with Crippen LogP contribution in [0.15, 0.2) is 215 Å². The van der Waals surface area contributed by atoms with Gasteiger partial charge in [0.2, 0.25) is 0 Å². The Balaban J connectivity index is 0.000000164. The average Bonchev–Trinajstić information content (AvgIpc) is 3.86. The van der Waals surface area contributed by atoms with Crippen LogP contribution in [0.3, 0.4) is 0 Å². The summed E-state index contributed by atoms with van der Waals surface area (Å²) in [5.41, 5.74) is 4.87. The van der Waals surface area contributed by atoms with E-state index in [1.165, 1.54) is 21.2 Å². The summed E-state index contributed by atoms with van der Waals surface area (Å²) in [6.45, 7) is 5.02. The molecule has 6 heteroatoms. The van der Waals surface area contributed by atoms with E-state index in [4.69, 9.17) is 21.7 Å². The molecule has 10 rings (SSSR count). The van der Waals surface area contributed by atoms with Crippen molar-refractivity contribution in [1.82, 2.24) is 0 Å². The molecule has 2 aromatic heterocycles. The molecular weight excluding hydrogens is 1150 g/mol. The van der Waals surface area contributed by atoms with Crippen molar-refractivity contribution in [3.8, 4) is 11.8 Å². The minimum Gasteiger partial charge on any atom is -0.458 e. The zero-order valence-corrected chi connectivity index (χ0v) is 39.9. The van der Waals surface area contributed by atoms with E-state index >= 15 is 0 Å². The van der Waals surface area contributed by atoms with Gasteiger partial charge in [-0.25, -0.2) is 0 Å². The van der Waals surface area contributed by atoms with Crippen LogP contribution in [-0.4, -0.2) is 4.90 Å². The van der Waals surface area contributed by atoms with Crippen molar-refractivity contribution in [2.75, 3.05) is 0 Å². The van der Waals surface area contributed by atoms with Gasteiger partial charge in [-0.2, -0.15) is 0 Å². The summed E-state index contributed by atoms with van der Waals surface area (Å²) in [7, 11) is -2.05. The first-order valence-corrected chi connectivity index (χ1v) is 22.6. The summed E-state index contributed by atoms with van der Waals surface area (Å²) < 4.78 is 11.3. The second-order valence-corrected chi connectivity index (χ2v) is 21.5. The molecule has 0 unspecified atom stereocenters. The molecule has 0 aliphatic rings. The van der Waals surface area contributed by atoms with E-state index in [0.29, 0.717) is 0 Å². The van der Waals surface area contributed by atoms with Gasteiger partial charge in [-0.05, 0) is 60.7 Å². The van der Waals surface area contributed by atoms with Crippen LogP contribution in [0, 0.1) is 24.7 Å². The van der Waals surface area contributed by atoms with Gasteiger partial charge in [-0.15, -0.1) is 23.3 Å². The average molecular weight is 1190 g/mol. The van der Waals surface area contributed by atoms with Gasteiger partial charge in [0.25, 0.3) is 0 Å². The molecule has 0 atom stereocenters. The molecule has 0 fully saturated rings. The second-order valence-electron chi connectivity index (χ2n) is 14.7. The molecule has 0 saturated carbocycles. The molecule has 0 bridgehead atoms. The van der Waals surface area contributed by atoms with E-state index in [0.717, 1.165) is 55.0 Å². The maximum atomic E-state index is 7.06. The number of rotatable bonds is 6. The quantitative estimate of drug-likeness (QED) is 0.0718. The zero-order chi connectivity index (χ0) is 40.6. The number of hydrogen-bond donors (Lipinski definition) is 0. The van der Waals surface area contributed by atoms with Gasteiger partial charge >= 0.3 is 44.8 Å². The van der Waals surface area contributed by atoms with Gasteiger partial charge < -0.3 is 21.7 Å². The van der Waals surface area contributed by atoms with Crippen molar-refractivity contribution in [3.63, 3.8) is 0 Å². The Morgan fingerprint density at radius 2 is 0.639 bits per heavy atom. The van der Waals surface area contributed by atoms with Gasteiger partial charge in [0, 0.05) is 35.4 Å². The van der Waals surface area contributed by atoms with Gasteiger partial charge in [0.15, 0.2) is 4.90 Å². The monoisotopic (exact) mass is 1190 g/mol. The Morgan fingerprint density at radius 3 is 0.951 bits per heavy atom. The van der Waals surface area contributed by atoms with Crippen LogP contribution >= 0.6 is 15.8 Å². The smallest absolute Gasteiger partial charge is 0.458 e. The molecule has 2 heterocycles. The van der Waals surface area contributed by atoms with Crippen LogP contribution in [0.1, 0.15) is 25.0 Å². The van der Waals surface area contributed by atoms with Crippen molar-refractivity contribution < 1.29 is 53.6 Å². The summed E-state index contributed by atoms with van der Waals surface area (Å²) in [6, 6.07) is 71.9. The first-order valence-electron chi connectivity index (χ1n) is 19.6. The summed E-state index contributed by atoms with van der Waals surface area (Å²) in [5.74, 6) is 4.71. The molecular formula is C55H42Au2O2P2+2. The SMILES string of the molecule is CC(C)([PH+](c1ccccc1)c1ccccc1)[PH+](c1ccccc1)c1ccccc1.[Au+].[Au+].[C-]#Cc1ccc2c(c1)oc1ccccc12.[C-]#Cc1ccc2c(c1)oc1ccccc12. The van der Waals surface area contributed by atoms with Crippen LogP contribution in [-0.2, 0) is 44.8 Å². The van der Waals surface area contributed by atoms with E-state index in [1.807, 2.05) is 84.9 Å². The van der Waals surface area contributed by atoms with Crippen molar-refractivity contribution in [1.29, 1.82) is 0 Å². The predicted molar refractivity (Wildman–Crippen MR) is 255 cm³/mol. The van der Waals surface area contributed by atoms with Gasteiger partial charge in [0.05, 0.1) is 0 Å². The fourth-order valence-corrected chi connectivity index (χ4v) is 16.3. The minimum absolute atomic E-state index is 0. The van der Waals surface area contributed by atoms with Gasteiger partial charge in [-0.3, -0.25) is 11.8 Å². The predicted octanol–water partition coefficient (Wildman–Crippen LogP) is 12.5. The maximum absolute atomic E-state index is 7.06. The fourth-order valence-electron chi connectivity index (χ4n) is 7.93. The summed E-state index contributed by atoms with van der Waals surface area (Å²) >= 11 is 0. The van der Waals surface area contributed by atoms with Crippen molar-refractivity contribution in [2.24, 2.45) is 0 Å². The Hall–Kier alpha value is -5.18. The van der Waals surface area contributed by atoms with Crippen LogP contribution in [0.5, 0.6) is 0 Å². The second kappa shape index (κ2) is 21.1. The van der Waals surface area contributed by atoms with Crippen molar-refractivity contribution in [2.45, 2.75) is 18.7 Å². The Kier molecular flexibility index (Phi) is 15.7. The normalized spacial score (nSPS) is 10.8. The fraction of sp³-hybridized carbons (Fsp3) is 0.0545. The van der Waals surface area contributed by atoms with E-state index in [1.54, 1.807) is 0 Å². The molecule has 0 spiro atoms. The van der Waals surface area contributed by atoms with Gasteiger partial charge in [0.1, 0.15) is 59.4 Å². The third-order valence-corrected chi connectivity index (χ3v) is 18.2. The molecule has 0 amide bonds. The number of furan rings is 2. The largest absolute Gasteiger partial charge is 1.00 e. The zero-order valence-electron chi connectivity index (χ0n) is 33.5. The van der Waals surface area contributed by atoms with Crippen LogP contribution in [0.4, 0.5) is 0 Å². The number of hydrogen-bond acceptors (Lipinski definition) is 2. The van der Waals surface area contributed by atoms with E-state index in [2.05, 4.69) is 147 Å². The summed E-state index contributed by atoms with van der Waals surface area (Å²) in [4.78, 5) is 0.154. The van der Waals surface area contributed by atoms with Crippen LogP contribution in [0.2, 0.25) is 0 Å². The third-order valence-electron chi connectivity index (χ3n) is 10.5. The van der Waals surface area contributed by atoms with Crippen LogP contribution < -0.4 is 21.2 Å². The van der Waals surface area contributed by atoms with E-state index < -0.39 is 15.8 Å². The molecule has 0 aliphatic carbocycles. The molecule has 0 radical (unpaired) electrons. The number of benzene rings is 8.